The summed E-state index contributed by atoms with van der Waals surface area (Å²) in [5.74, 6) is 0. The smallest absolute Gasteiger partial charge is 0.0891 e. The van der Waals surface area contributed by atoms with Gasteiger partial charge < -0.3 is 0 Å². The third kappa shape index (κ3) is 12.2. The van der Waals surface area contributed by atoms with Crippen LogP contribution < -0.4 is 0 Å². The van der Waals surface area contributed by atoms with E-state index >= 15 is 0 Å². The molecule has 0 fully saturated rings. The van der Waals surface area contributed by atoms with Crippen LogP contribution in [0.4, 0.5) is 0 Å². The fraction of sp³-hybridized carbons (Fsp3) is 1.00. The summed E-state index contributed by atoms with van der Waals surface area (Å²) in [5.41, 5.74) is 0.854. The molecule has 0 aliphatic heterocycles. The lowest BCUT2D eigenvalue weighted by Crippen LogP contribution is -2.22. The van der Waals surface area contributed by atoms with Crippen molar-refractivity contribution in [1.82, 2.24) is 0 Å². The molecule has 0 rings (SSSR count). The van der Waals surface area contributed by atoms with E-state index in [0.717, 1.165) is 5.67 Å². The lowest BCUT2D eigenvalue weighted by molar-refractivity contribution is 1.60. The first kappa shape index (κ1) is 13.2. The zero-order chi connectivity index (χ0) is 9.12. The summed E-state index contributed by atoms with van der Waals surface area (Å²) < 4.78 is -2.13. The van der Waals surface area contributed by atoms with Crippen molar-refractivity contribution < 1.29 is 0 Å². The standard InChI is InChI=1S/C3H6Cl6Si2/c4-2(5,6)10-1-11-3(7,8)9/h1,10-11H2. The molecule has 0 bridgehead atoms. The van der Waals surface area contributed by atoms with E-state index in [1.807, 2.05) is 0 Å². The average molecular weight is 311 g/mol. The number of hydrogen-bond acceptors (Lipinski definition) is 0. The quantitative estimate of drug-likeness (QED) is 0.542. The molecule has 0 aliphatic carbocycles. The maximum absolute atomic E-state index is 5.55. The van der Waals surface area contributed by atoms with E-state index < -0.39 is 25.9 Å². The second-order valence-corrected chi connectivity index (χ2v) is 15.8. The van der Waals surface area contributed by atoms with Crippen LogP contribution in [0.1, 0.15) is 0 Å². The van der Waals surface area contributed by atoms with Gasteiger partial charge in [0.1, 0.15) is 0 Å². The highest BCUT2D eigenvalue weighted by atomic mass is 35.6. The normalized spacial score (nSPS) is 15.8. The predicted molar refractivity (Wildman–Crippen MR) is 62.5 cm³/mol. The Morgan fingerprint density at radius 1 is 0.727 bits per heavy atom. The molecule has 0 aromatic carbocycles. The Kier molecular flexibility index (Phi) is 6.17. The molecule has 0 saturated carbocycles. The largest absolute Gasteiger partial charge is 0.169 e. The van der Waals surface area contributed by atoms with Crippen LogP contribution in [0.3, 0.4) is 0 Å². The average Bonchev–Trinajstić information content (AvgIpc) is 1.55. The zero-order valence-corrected chi connectivity index (χ0v) is 12.8. The molecule has 0 aliphatic rings. The van der Waals surface area contributed by atoms with Gasteiger partial charge in [0.2, 0.25) is 0 Å². The van der Waals surface area contributed by atoms with Gasteiger partial charge in [0.25, 0.3) is 0 Å². The first-order chi connectivity index (χ1) is 4.71. The molecule has 0 spiro atoms. The van der Waals surface area contributed by atoms with Gasteiger partial charge in [0.15, 0.2) is 6.83 Å². The summed E-state index contributed by atoms with van der Waals surface area (Å²) in [6.45, 7) is 0. The molecule has 0 aromatic rings. The SMILES string of the molecule is ClC(Cl)(Cl)[SiH2]C[SiH2]C(Cl)(Cl)Cl. The van der Waals surface area contributed by atoms with Crippen LogP contribution in [0.25, 0.3) is 0 Å². The highest BCUT2D eigenvalue weighted by Gasteiger charge is 2.24. The highest BCUT2D eigenvalue weighted by molar-refractivity contribution is 6.94. The van der Waals surface area contributed by atoms with Crippen molar-refractivity contribution in [2.45, 2.75) is 12.5 Å². The summed E-state index contributed by atoms with van der Waals surface area (Å²) in [4.78, 5) is 0. The van der Waals surface area contributed by atoms with E-state index in [-0.39, 0.29) is 0 Å². The molecule has 0 saturated heterocycles. The Balaban J connectivity index is 3.44. The fourth-order valence-corrected chi connectivity index (χ4v) is 11.6. The van der Waals surface area contributed by atoms with Crippen LogP contribution in [0.2, 0.25) is 5.67 Å². The van der Waals surface area contributed by atoms with Gasteiger partial charge >= 0.3 is 0 Å². The Bertz CT molecular complexity index is 100.0. The minimum absolute atomic E-state index is 0.725. The van der Waals surface area contributed by atoms with Crippen molar-refractivity contribution in [3.05, 3.63) is 0 Å². The molecule has 0 N–H and O–H groups in total. The van der Waals surface area contributed by atoms with Crippen LogP contribution in [0.15, 0.2) is 0 Å². The summed E-state index contributed by atoms with van der Waals surface area (Å²) in [7, 11) is -1.45. The minimum Gasteiger partial charge on any atom is -0.0891 e. The van der Waals surface area contributed by atoms with E-state index in [4.69, 9.17) is 69.6 Å². The van der Waals surface area contributed by atoms with E-state index in [1.54, 1.807) is 0 Å². The van der Waals surface area contributed by atoms with Crippen molar-refractivity contribution >= 4 is 88.6 Å². The zero-order valence-electron chi connectivity index (χ0n) is 5.39. The second kappa shape index (κ2) is 5.15. The van der Waals surface area contributed by atoms with E-state index in [2.05, 4.69) is 0 Å². The second-order valence-electron chi connectivity index (χ2n) is 2.08. The third-order valence-corrected chi connectivity index (χ3v) is 8.28. The highest BCUT2D eigenvalue weighted by Crippen LogP contribution is 2.28. The first-order valence-electron chi connectivity index (χ1n) is 2.84. The molecular formula is C3H6Cl6Si2. The van der Waals surface area contributed by atoms with Crippen LogP contribution in [0.5, 0.6) is 0 Å². The molecule has 8 heteroatoms. The molecule has 0 nitrogen and oxygen atoms in total. The first-order valence-corrected chi connectivity index (χ1v) is 8.52. The molecule has 0 aromatic heterocycles. The van der Waals surface area contributed by atoms with Crippen LogP contribution >= 0.6 is 69.6 Å². The fourth-order valence-electron chi connectivity index (χ4n) is 0.489. The molecule has 68 valence electrons. The maximum atomic E-state index is 5.55. The van der Waals surface area contributed by atoms with Gasteiger partial charge in [-0.1, -0.05) is 75.3 Å². The summed E-state index contributed by atoms with van der Waals surface area (Å²) >= 11 is 33.3. The lowest BCUT2D eigenvalue weighted by Gasteiger charge is -2.12. The predicted octanol–water partition coefficient (Wildman–Crippen LogP) is 2.36. The van der Waals surface area contributed by atoms with Crippen molar-refractivity contribution in [1.29, 1.82) is 0 Å². The number of rotatable bonds is 2. The molecule has 11 heavy (non-hydrogen) atoms. The van der Waals surface area contributed by atoms with Gasteiger partial charge in [-0.3, -0.25) is 0 Å². The number of hydrogen-bond donors (Lipinski definition) is 0. The van der Waals surface area contributed by atoms with Gasteiger partial charge in [0, 0.05) is 0 Å². The Labute approximate surface area is 100 Å². The van der Waals surface area contributed by atoms with E-state index in [0.29, 0.717) is 0 Å². The van der Waals surface area contributed by atoms with Crippen LogP contribution in [-0.4, -0.2) is 25.9 Å². The van der Waals surface area contributed by atoms with Crippen molar-refractivity contribution in [3.8, 4) is 0 Å². The van der Waals surface area contributed by atoms with Crippen LogP contribution in [-0.2, 0) is 0 Å². The van der Waals surface area contributed by atoms with Crippen molar-refractivity contribution in [2.24, 2.45) is 0 Å². The third-order valence-electron chi connectivity index (χ3n) is 0.921. The van der Waals surface area contributed by atoms with Gasteiger partial charge in [0.05, 0.1) is 19.0 Å². The van der Waals surface area contributed by atoms with Gasteiger partial charge in [-0.05, 0) is 0 Å². The Morgan fingerprint density at radius 3 is 1.18 bits per heavy atom. The van der Waals surface area contributed by atoms with Gasteiger partial charge in [-0.25, -0.2) is 0 Å². The monoisotopic (exact) mass is 308 g/mol. The molecule has 0 unspecified atom stereocenters. The summed E-state index contributed by atoms with van der Waals surface area (Å²) in [6, 6.07) is 0. The molecule has 0 amide bonds. The minimum atomic E-state index is -1.07. The molecule has 0 heterocycles. The van der Waals surface area contributed by atoms with Gasteiger partial charge in [-0.15, -0.1) is 0 Å². The van der Waals surface area contributed by atoms with Crippen molar-refractivity contribution in [3.63, 3.8) is 0 Å². The maximum Gasteiger partial charge on any atom is 0.169 e. The molecular weight excluding hydrogens is 305 g/mol. The van der Waals surface area contributed by atoms with E-state index in [9.17, 15) is 0 Å². The lowest BCUT2D eigenvalue weighted by atomic mass is 11.8. The Hall–Kier alpha value is 2.17. The van der Waals surface area contributed by atoms with Crippen LogP contribution in [0, 0.1) is 0 Å². The van der Waals surface area contributed by atoms with Gasteiger partial charge in [-0.2, -0.15) is 0 Å². The summed E-state index contributed by atoms with van der Waals surface area (Å²) in [5, 5.41) is 0. The summed E-state index contributed by atoms with van der Waals surface area (Å²) in [6.07, 6.45) is 0. The van der Waals surface area contributed by atoms with Crippen molar-refractivity contribution in [2.75, 3.05) is 0 Å². The molecule has 0 radical (unpaired) electrons. The van der Waals surface area contributed by atoms with E-state index in [1.165, 1.54) is 0 Å². The number of halogens is 6. The number of alkyl halides is 6. The molecule has 0 atom stereocenters. The Morgan fingerprint density at radius 2 is 1.00 bits per heavy atom. The topological polar surface area (TPSA) is 0 Å².